The highest BCUT2D eigenvalue weighted by molar-refractivity contribution is 7.10. The average molecular weight is 447 g/mol. The first kappa shape index (κ1) is 21.9. The number of hydrogen-bond acceptors (Lipinski definition) is 6. The van der Waals surface area contributed by atoms with E-state index in [-0.39, 0.29) is 18.4 Å². The second-order valence-electron chi connectivity index (χ2n) is 7.75. The largest absolute Gasteiger partial charge is 0.344 e. The molecule has 1 N–H and O–H groups in total. The predicted octanol–water partition coefficient (Wildman–Crippen LogP) is 5.55. The molecule has 1 aromatic carbocycles. The summed E-state index contributed by atoms with van der Waals surface area (Å²) >= 11 is 1.64. The van der Waals surface area contributed by atoms with Gasteiger partial charge in [-0.05, 0) is 47.0 Å². The zero-order chi connectivity index (χ0) is 22.3. The lowest BCUT2D eigenvalue weighted by Gasteiger charge is -2.19. The van der Waals surface area contributed by atoms with Crippen molar-refractivity contribution in [1.29, 1.82) is 0 Å². The second-order valence-corrected chi connectivity index (χ2v) is 8.72. The highest BCUT2D eigenvalue weighted by Gasteiger charge is 2.19. The first-order chi connectivity index (χ1) is 15.6. The molecule has 4 aromatic rings. The first-order valence-corrected chi connectivity index (χ1v) is 11.7. The highest BCUT2D eigenvalue weighted by atomic mass is 32.1. The molecule has 7 heteroatoms. The topological polar surface area (TPSA) is 80.9 Å². The van der Waals surface area contributed by atoms with Crippen molar-refractivity contribution in [3.8, 4) is 11.4 Å². The van der Waals surface area contributed by atoms with Crippen molar-refractivity contribution >= 4 is 17.2 Å². The Morgan fingerprint density at radius 3 is 2.62 bits per heavy atom. The minimum Gasteiger partial charge on any atom is -0.344 e. The summed E-state index contributed by atoms with van der Waals surface area (Å²) in [5.74, 6) is 1.37. The molecule has 0 aliphatic heterocycles. The molecule has 0 bridgehead atoms. The van der Waals surface area contributed by atoms with Gasteiger partial charge in [0.15, 0.2) is 0 Å². The Bertz CT molecular complexity index is 1120. The molecule has 0 saturated heterocycles. The summed E-state index contributed by atoms with van der Waals surface area (Å²) in [4.78, 5) is 22.3. The van der Waals surface area contributed by atoms with Gasteiger partial charge in [-0.2, -0.15) is 4.98 Å². The summed E-state index contributed by atoms with van der Waals surface area (Å²) in [5.41, 5.74) is 3.17. The van der Waals surface area contributed by atoms with Crippen LogP contribution >= 0.6 is 11.3 Å². The summed E-state index contributed by atoms with van der Waals surface area (Å²) in [6.07, 6.45) is 5.11. The molecule has 0 fully saturated rings. The molecule has 1 amide bonds. The number of carbonyl (C=O) groups excluding carboxylic acids is 1. The Morgan fingerprint density at radius 2 is 1.94 bits per heavy atom. The number of hydrogen-bond donors (Lipinski definition) is 1. The Labute approximate surface area is 191 Å². The van der Waals surface area contributed by atoms with Crippen LogP contribution in [0.4, 0.5) is 0 Å². The number of nitrogens with one attached hydrogen (secondary N) is 1. The van der Waals surface area contributed by atoms with Crippen LogP contribution in [-0.4, -0.2) is 21.0 Å². The molecule has 3 heterocycles. The van der Waals surface area contributed by atoms with Crippen LogP contribution in [0.5, 0.6) is 0 Å². The van der Waals surface area contributed by atoms with Crippen LogP contribution in [0.1, 0.15) is 60.5 Å². The summed E-state index contributed by atoms with van der Waals surface area (Å²) in [7, 11) is 0. The first-order valence-electron chi connectivity index (χ1n) is 10.8. The van der Waals surface area contributed by atoms with Crippen molar-refractivity contribution in [2.75, 3.05) is 0 Å². The maximum atomic E-state index is 12.8. The third kappa shape index (κ3) is 5.29. The monoisotopic (exact) mass is 446 g/mol. The molecule has 6 nitrogen and oxygen atoms in total. The molecule has 32 heavy (non-hydrogen) atoms. The minimum atomic E-state index is -0.179. The van der Waals surface area contributed by atoms with Gasteiger partial charge in [0.05, 0.1) is 6.04 Å². The summed E-state index contributed by atoms with van der Waals surface area (Å²) in [5, 5.41) is 9.19. The van der Waals surface area contributed by atoms with Crippen LogP contribution in [0.25, 0.3) is 11.4 Å². The molecule has 164 valence electrons. The van der Waals surface area contributed by atoms with E-state index in [2.05, 4.69) is 64.6 Å². The van der Waals surface area contributed by atoms with Crippen molar-refractivity contribution in [1.82, 2.24) is 20.4 Å². The number of benzene rings is 1. The molecule has 0 saturated carbocycles. The van der Waals surface area contributed by atoms with Gasteiger partial charge < -0.3 is 9.84 Å². The van der Waals surface area contributed by atoms with Gasteiger partial charge in [-0.25, -0.2) is 0 Å². The fourth-order valence-corrected chi connectivity index (χ4v) is 4.25. The molecule has 4 rings (SSSR count). The predicted molar refractivity (Wildman–Crippen MR) is 125 cm³/mol. The van der Waals surface area contributed by atoms with Gasteiger partial charge in [-0.3, -0.25) is 9.78 Å². The van der Waals surface area contributed by atoms with Crippen LogP contribution in [0, 0.1) is 0 Å². The van der Waals surface area contributed by atoms with E-state index in [9.17, 15) is 4.79 Å². The number of pyridine rings is 1. The summed E-state index contributed by atoms with van der Waals surface area (Å²) in [6, 6.07) is 16.1. The Kier molecular flexibility index (Phi) is 7.07. The SMILES string of the molecule is CCC(C)c1ccc(C(NC(=O)CCc2nc(-c3cccnc3)no2)c2cccs2)cc1. The standard InChI is InChI=1S/C25H26N4O2S/c1-3-17(2)18-8-10-19(11-9-18)24(21-7-5-15-32-21)27-22(30)12-13-23-28-25(29-31-23)20-6-4-14-26-16-20/h4-11,14-17,24H,3,12-13H2,1-2H3,(H,27,30). The van der Waals surface area contributed by atoms with Crippen molar-refractivity contribution < 1.29 is 9.32 Å². The number of rotatable bonds is 9. The normalized spacial score (nSPS) is 12.9. The van der Waals surface area contributed by atoms with E-state index in [1.54, 1.807) is 23.7 Å². The molecule has 0 aliphatic rings. The number of carbonyl (C=O) groups is 1. The zero-order valence-electron chi connectivity index (χ0n) is 18.2. The quantitative estimate of drug-likeness (QED) is 0.365. The number of aromatic nitrogens is 3. The number of amides is 1. The second kappa shape index (κ2) is 10.3. The van der Waals surface area contributed by atoms with E-state index in [1.807, 2.05) is 23.6 Å². The fourth-order valence-electron chi connectivity index (χ4n) is 3.45. The van der Waals surface area contributed by atoms with Crippen molar-refractivity contribution in [3.63, 3.8) is 0 Å². The number of nitrogens with zero attached hydrogens (tertiary/aromatic N) is 3. The van der Waals surface area contributed by atoms with Crippen LogP contribution in [-0.2, 0) is 11.2 Å². The van der Waals surface area contributed by atoms with Gasteiger partial charge in [-0.1, -0.05) is 49.3 Å². The summed E-state index contributed by atoms with van der Waals surface area (Å²) < 4.78 is 5.31. The number of aryl methyl sites for hydroxylation is 1. The molecule has 3 aromatic heterocycles. The van der Waals surface area contributed by atoms with E-state index in [0.717, 1.165) is 22.4 Å². The number of thiophene rings is 1. The van der Waals surface area contributed by atoms with Gasteiger partial charge in [0, 0.05) is 35.7 Å². The lowest BCUT2D eigenvalue weighted by molar-refractivity contribution is -0.121. The van der Waals surface area contributed by atoms with Crippen LogP contribution < -0.4 is 5.32 Å². The van der Waals surface area contributed by atoms with Crippen LogP contribution in [0.2, 0.25) is 0 Å². The lowest BCUT2D eigenvalue weighted by atomic mass is 9.95. The Morgan fingerprint density at radius 1 is 1.12 bits per heavy atom. The third-order valence-electron chi connectivity index (χ3n) is 5.54. The van der Waals surface area contributed by atoms with E-state index >= 15 is 0 Å². The third-order valence-corrected chi connectivity index (χ3v) is 6.48. The molecule has 0 spiro atoms. The molecule has 0 aliphatic carbocycles. The average Bonchev–Trinajstić information content (AvgIpc) is 3.54. The molecule has 2 atom stereocenters. The van der Waals surface area contributed by atoms with E-state index in [1.165, 1.54) is 5.56 Å². The summed E-state index contributed by atoms with van der Waals surface area (Å²) in [6.45, 7) is 4.42. The molecule has 2 unspecified atom stereocenters. The van der Waals surface area contributed by atoms with E-state index in [4.69, 9.17) is 4.52 Å². The lowest BCUT2D eigenvalue weighted by Crippen LogP contribution is -2.29. The zero-order valence-corrected chi connectivity index (χ0v) is 19.0. The van der Waals surface area contributed by atoms with Crippen molar-refractivity contribution in [3.05, 3.63) is 88.2 Å². The smallest absolute Gasteiger partial charge is 0.227 e. The maximum absolute atomic E-state index is 12.8. The van der Waals surface area contributed by atoms with Gasteiger partial charge in [-0.15, -0.1) is 11.3 Å². The van der Waals surface area contributed by atoms with E-state index < -0.39 is 0 Å². The Balaban J connectivity index is 1.42. The maximum Gasteiger partial charge on any atom is 0.227 e. The van der Waals surface area contributed by atoms with Crippen LogP contribution in [0.3, 0.4) is 0 Å². The minimum absolute atomic E-state index is 0.0597. The van der Waals surface area contributed by atoms with Gasteiger partial charge in [0.1, 0.15) is 0 Å². The van der Waals surface area contributed by atoms with Crippen LogP contribution in [0.15, 0.2) is 70.8 Å². The van der Waals surface area contributed by atoms with Gasteiger partial charge in [0.2, 0.25) is 17.6 Å². The Hall–Kier alpha value is -3.32. The van der Waals surface area contributed by atoms with Gasteiger partial charge >= 0.3 is 0 Å². The van der Waals surface area contributed by atoms with Gasteiger partial charge in [0.25, 0.3) is 0 Å². The fraction of sp³-hybridized carbons (Fsp3) is 0.280. The highest BCUT2D eigenvalue weighted by Crippen LogP contribution is 2.28. The van der Waals surface area contributed by atoms with Crippen molar-refractivity contribution in [2.45, 2.75) is 45.1 Å². The molecule has 0 radical (unpaired) electrons. The van der Waals surface area contributed by atoms with Crippen molar-refractivity contribution in [2.24, 2.45) is 0 Å². The molecular weight excluding hydrogens is 420 g/mol. The van der Waals surface area contributed by atoms with E-state index in [0.29, 0.717) is 24.1 Å². The molecular formula is C25H26N4O2S.